The molecule has 0 radical (unpaired) electrons. The van der Waals surface area contributed by atoms with Crippen molar-refractivity contribution in [3.8, 4) is 23.0 Å². The maximum atomic E-state index is 13.2. The molecule has 1 saturated heterocycles. The monoisotopic (exact) mass is 382 g/mol. The second kappa shape index (κ2) is 6.15. The number of hydrogen-bond acceptors (Lipinski definition) is 7. The van der Waals surface area contributed by atoms with E-state index in [-0.39, 0.29) is 31.9 Å². The maximum absolute atomic E-state index is 13.2. The third-order valence-electron chi connectivity index (χ3n) is 5.60. The number of fused-ring (bicyclic) bond motifs is 2. The van der Waals surface area contributed by atoms with Gasteiger partial charge in [0, 0.05) is 5.56 Å². The number of esters is 1. The lowest BCUT2D eigenvalue weighted by molar-refractivity contribution is -0.145. The van der Waals surface area contributed by atoms with Gasteiger partial charge in [-0.3, -0.25) is 9.59 Å². The van der Waals surface area contributed by atoms with Crippen LogP contribution in [0.5, 0.6) is 23.0 Å². The molecule has 0 spiro atoms. The van der Waals surface area contributed by atoms with E-state index < -0.39 is 11.3 Å². The Labute approximate surface area is 161 Å². The molecular weight excluding hydrogens is 364 g/mol. The van der Waals surface area contributed by atoms with Crippen LogP contribution >= 0.6 is 0 Å². The van der Waals surface area contributed by atoms with E-state index >= 15 is 0 Å². The number of ketones is 1. The van der Waals surface area contributed by atoms with E-state index in [9.17, 15) is 9.59 Å². The lowest BCUT2D eigenvalue weighted by Crippen LogP contribution is -2.37. The Kier molecular flexibility index (Phi) is 3.72. The van der Waals surface area contributed by atoms with Gasteiger partial charge in [0.2, 0.25) is 13.6 Å². The van der Waals surface area contributed by atoms with Gasteiger partial charge in [-0.2, -0.15) is 0 Å². The highest BCUT2D eigenvalue weighted by Crippen LogP contribution is 2.43. The smallest absolute Gasteiger partial charge is 0.313 e. The summed E-state index contributed by atoms with van der Waals surface area (Å²) in [4.78, 5) is 25.8. The summed E-state index contributed by atoms with van der Waals surface area (Å²) in [6.45, 7) is 2.17. The predicted octanol–water partition coefficient (Wildman–Crippen LogP) is 2.75. The Morgan fingerprint density at radius 3 is 2.32 bits per heavy atom. The van der Waals surface area contributed by atoms with Gasteiger partial charge in [-0.1, -0.05) is 6.07 Å². The van der Waals surface area contributed by atoms with E-state index in [0.29, 0.717) is 35.0 Å². The quantitative estimate of drug-likeness (QED) is 0.594. The Balaban J connectivity index is 1.44. The van der Waals surface area contributed by atoms with Gasteiger partial charge in [-0.05, 0) is 49.2 Å². The van der Waals surface area contributed by atoms with E-state index in [1.54, 1.807) is 25.1 Å². The normalized spacial score (nSPS) is 24.3. The van der Waals surface area contributed by atoms with Crippen LogP contribution in [0.1, 0.15) is 22.8 Å². The van der Waals surface area contributed by atoms with Crippen LogP contribution in [0.4, 0.5) is 0 Å². The molecule has 3 heterocycles. The molecule has 0 saturated carbocycles. The van der Waals surface area contributed by atoms with Gasteiger partial charge >= 0.3 is 5.97 Å². The van der Waals surface area contributed by atoms with Crippen molar-refractivity contribution in [1.82, 2.24) is 0 Å². The van der Waals surface area contributed by atoms with Crippen LogP contribution in [0.3, 0.4) is 0 Å². The van der Waals surface area contributed by atoms with Crippen molar-refractivity contribution < 1.29 is 33.3 Å². The Hall–Kier alpha value is -3.22. The first-order valence-corrected chi connectivity index (χ1v) is 9.04. The molecule has 2 aromatic rings. The SMILES string of the molecule is C[C@]1(Cc2ccc3c(c2)OCO3)C(=O)OC[C@@H]1C(=O)c1ccc2c(c1)OCO2. The van der Waals surface area contributed by atoms with E-state index in [0.717, 1.165) is 5.56 Å². The molecule has 7 nitrogen and oxygen atoms in total. The number of carbonyl (C=O) groups excluding carboxylic acids is 2. The summed E-state index contributed by atoms with van der Waals surface area (Å²) in [6, 6.07) is 10.6. The third-order valence-corrected chi connectivity index (χ3v) is 5.60. The van der Waals surface area contributed by atoms with E-state index in [2.05, 4.69) is 0 Å². The van der Waals surface area contributed by atoms with Crippen molar-refractivity contribution in [3.63, 3.8) is 0 Å². The minimum atomic E-state index is -0.971. The zero-order valence-corrected chi connectivity index (χ0v) is 15.2. The lowest BCUT2D eigenvalue weighted by Gasteiger charge is -2.26. The minimum Gasteiger partial charge on any atom is -0.464 e. The molecule has 0 amide bonds. The highest BCUT2D eigenvalue weighted by molar-refractivity contribution is 6.02. The number of cyclic esters (lactones) is 1. The highest BCUT2D eigenvalue weighted by Gasteiger charge is 2.52. The summed E-state index contributed by atoms with van der Waals surface area (Å²) in [5.41, 5.74) is 0.389. The lowest BCUT2D eigenvalue weighted by atomic mass is 9.71. The van der Waals surface area contributed by atoms with Crippen molar-refractivity contribution in [2.24, 2.45) is 11.3 Å². The van der Waals surface area contributed by atoms with Gasteiger partial charge < -0.3 is 23.7 Å². The molecule has 0 unspecified atom stereocenters. The first-order valence-electron chi connectivity index (χ1n) is 9.04. The average Bonchev–Trinajstić information content (AvgIpc) is 3.40. The van der Waals surface area contributed by atoms with E-state index in [1.165, 1.54) is 0 Å². The average molecular weight is 382 g/mol. The number of benzene rings is 2. The van der Waals surface area contributed by atoms with Gasteiger partial charge in [-0.25, -0.2) is 0 Å². The molecule has 7 heteroatoms. The molecule has 144 valence electrons. The molecule has 3 aliphatic heterocycles. The van der Waals surface area contributed by atoms with Crippen LogP contribution in [0, 0.1) is 11.3 Å². The molecule has 5 rings (SSSR count). The number of hydrogen-bond donors (Lipinski definition) is 0. The van der Waals surface area contributed by atoms with Crippen molar-refractivity contribution in [1.29, 1.82) is 0 Å². The zero-order valence-electron chi connectivity index (χ0n) is 15.2. The third kappa shape index (κ3) is 2.58. The van der Waals surface area contributed by atoms with Crippen LogP contribution in [-0.2, 0) is 16.0 Å². The minimum absolute atomic E-state index is 0.0627. The standard InChI is InChI=1S/C21H18O7/c1-21(8-12-2-4-15-17(6-12)27-10-25-15)14(9-24-20(21)23)19(22)13-3-5-16-18(7-13)28-11-26-16/h2-7,14H,8-11H2,1H3/t14-,21-/m1/s1. The van der Waals surface area contributed by atoms with Crippen molar-refractivity contribution in [2.45, 2.75) is 13.3 Å². The summed E-state index contributed by atoms with van der Waals surface area (Å²) in [6.07, 6.45) is 0.365. The molecular formula is C21H18O7. The fourth-order valence-electron chi connectivity index (χ4n) is 3.94. The molecule has 2 atom stereocenters. The van der Waals surface area contributed by atoms with Crippen LogP contribution in [-0.4, -0.2) is 31.9 Å². The molecule has 0 aliphatic carbocycles. The Morgan fingerprint density at radius 2 is 1.57 bits per heavy atom. The molecule has 3 aliphatic rings. The van der Waals surface area contributed by atoms with Crippen LogP contribution in [0.2, 0.25) is 0 Å². The van der Waals surface area contributed by atoms with Gasteiger partial charge in [0.15, 0.2) is 28.8 Å². The number of ether oxygens (including phenoxy) is 5. The van der Waals surface area contributed by atoms with Crippen LogP contribution in [0.15, 0.2) is 36.4 Å². The second-order valence-electron chi connectivity index (χ2n) is 7.37. The first-order chi connectivity index (χ1) is 13.5. The number of carbonyl (C=O) groups is 2. The van der Waals surface area contributed by atoms with Crippen LogP contribution in [0.25, 0.3) is 0 Å². The van der Waals surface area contributed by atoms with Gasteiger partial charge in [0.05, 0.1) is 11.3 Å². The highest BCUT2D eigenvalue weighted by atomic mass is 16.7. The number of Topliss-reactive ketones (excluding diaryl/α,β-unsaturated/α-hetero) is 1. The maximum Gasteiger partial charge on any atom is 0.313 e. The fourth-order valence-corrected chi connectivity index (χ4v) is 3.94. The second-order valence-corrected chi connectivity index (χ2v) is 7.37. The Bertz CT molecular complexity index is 983. The summed E-state index contributed by atoms with van der Waals surface area (Å²) >= 11 is 0. The fraction of sp³-hybridized carbons (Fsp3) is 0.333. The Morgan fingerprint density at radius 1 is 0.929 bits per heavy atom. The molecule has 2 aromatic carbocycles. The van der Waals surface area contributed by atoms with Crippen molar-refractivity contribution in [2.75, 3.05) is 20.2 Å². The summed E-state index contributed by atoms with van der Waals surface area (Å²) in [5.74, 6) is 1.36. The summed E-state index contributed by atoms with van der Waals surface area (Å²) < 4.78 is 26.7. The zero-order chi connectivity index (χ0) is 19.3. The van der Waals surface area contributed by atoms with Crippen LogP contribution < -0.4 is 18.9 Å². The topological polar surface area (TPSA) is 80.3 Å². The van der Waals surface area contributed by atoms with Gasteiger partial charge in [0.25, 0.3) is 0 Å². The molecule has 1 fully saturated rings. The summed E-state index contributed by atoms with van der Waals surface area (Å²) in [5, 5.41) is 0. The molecule has 0 bridgehead atoms. The van der Waals surface area contributed by atoms with Crippen molar-refractivity contribution >= 4 is 11.8 Å². The van der Waals surface area contributed by atoms with Gasteiger partial charge in [-0.15, -0.1) is 0 Å². The largest absolute Gasteiger partial charge is 0.464 e. The molecule has 28 heavy (non-hydrogen) atoms. The van der Waals surface area contributed by atoms with E-state index in [4.69, 9.17) is 23.7 Å². The van der Waals surface area contributed by atoms with E-state index in [1.807, 2.05) is 18.2 Å². The molecule has 0 aromatic heterocycles. The number of rotatable bonds is 4. The predicted molar refractivity (Wildman–Crippen MR) is 95.7 cm³/mol. The van der Waals surface area contributed by atoms with Crippen molar-refractivity contribution in [3.05, 3.63) is 47.5 Å². The summed E-state index contributed by atoms with van der Waals surface area (Å²) in [7, 11) is 0. The molecule has 0 N–H and O–H groups in total. The van der Waals surface area contributed by atoms with Gasteiger partial charge in [0.1, 0.15) is 6.61 Å². The first kappa shape index (κ1) is 16.9.